The molecule has 1 N–H and O–H groups in total. The van der Waals surface area contributed by atoms with E-state index in [1.807, 2.05) is 37.3 Å². The summed E-state index contributed by atoms with van der Waals surface area (Å²) in [5, 5.41) is 17.5. The van der Waals surface area contributed by atoms with Gasteiger partial charge in [0.2, 0.25) is 5.90 Å². The second-order valence-electron chi connectivity index (χ2n) is 6.43. The monoisotopic (exact) mass is 371 g/mol. The molecule has 4 rings (SSSR count). The molecule has 0 atom stereocenters. The van der Waals surface area contributed by atoms with Crippen molar-refractivity contribution in [2.45, 2.75) is 6.92 Å². The highest BCUT2D eigenvalue weighted by atomic mass is 16.5. The topological polar surface area (TPSA) is 84.1 Å². The molecule has 1 aromatic heterocycles. The standard InChI is InChI=1S/C22H17N3O3/c1-14-4-2-5-15(10-14)19-9-8-18(12-23-19)20-13-28-21(25-24-20)16-6-3-7-17(11-16)22(26)27/h2-12H,13H2,1H3,(H,26,27). The van der Waals surface area contributed by atoms with E-state index in [4.69, 9.17) is 9.84 Å². The summed E-state index contributed by atoms with van der Waals surface area (Å²) in [6.45, 7) is 2.29. The predicted molar refractivity (Wildman–Crippen MR) is 107 cm³/mol. The summed E-state index contributed by atoms with van der Waals surface area (Å²) in [6.07, 6.45) is 1.76. The van der Waals surface area contributed by atoms with Crippen LogP contribution < -0.4 is 0 Å². The largest absolute Gasteiger partial charge is 0.478 e. The normalized spacial score (nSPS) is 13.3. The fraction of sp³-hybridized carbons (Fsp3) is 0.0909. The van der Waals surface area contributed by atoms with Crippen molar-refractivity contribution >= 4 is 17.6 Å². The van der Waals surface area contributed by atoms with Crippen LogP contribution in [0.15, 0.2) is 77.1 Å². The Bertz CT molecular complexity index is 1100. The number of carboxylic acids is 1. The van der Waals surface area contributed by atoms with Crippen molar-refractivity contribution in [2.24, 2.45) is 10.2 Å². The third kappa shape index (κ3) is 3.66. The summed E-state index contributed by atoms with van der Waals surface area (Å²) in [4.78, 5) is 15.6. The van der Waals surface area contributed by atoms with E-state index in [0.29, 0.717) is 17.2 Å². The zero-order valence-corrected chi connectivity index (χ0v) is 15.2. The molecule has 0 spiro atoms. The minimum absolute atomic E-state index is 0.175. The smallest absolute Gasteiger partial charge is 0.335 e. The number of aryl methyl sites for hydroxylation is 1. The number of aromatic carboxylic acids is 1. The van der Waals surface area contributed by atoms with Crippen molar-refractivity contribution in [1.82, 2.24) is 4.98 Å². The molecule has 1 aliphatic heterocycles. The highest BCUT2D eigenvalue weighted by Gasteiger charge is 2.16. The second-order valence-corrected chi connectivity index (χ2v) is 6.43. The van der Waals surface area contributed by atoms with E-state index in [1.54, 1.807) is 18.3 Å². The molecule has 6 heteroatoms. The van der Waals surface area contributed by atoms with Crippen LogP contribution >= 0.6 is 0 Å². The Hall–Kier alpha value is -3.80. The van der Waals surface area contributed by atoms with Crippen LogP contribution in [0.5, 0.6) is 0 Å². The average Bonchev–Trinajstić information content (AvgIpc) is 2.74. The van der Waals surface area contributed by atoms with Crippen molar-refractivity contribution in [1.29, 1.82) is 0 Å². The van der Waals surface area contributed by atoms with E-state index in [1.165, 1.54) is 17.7 Å². The summed E-state index contributed by atoms with van der Waals surface area (Å²) in [5.41, 5.74) is 5.39. The van der Waals surface area contributed by atoms with Gasteiger partial charge >= 0.3 is 5.97 Å². The van der Waals surface area contributed by atoms with Gasteiger partial charge in [-0.05, 0) is 43.3 Å². The number of ether oxygens (including phenoxy) is 1. The molecule has 2 heterocycles. The first-order chi connectivity index (χ1) is 13.6. The lowest BCUT2D eigenvalue weighted by Gasteiger charge is -2.14. The van der Waals surface area contributed by atoms with Crippen LogP contribution in [0.4, 0.5) is 0 Å². The number of aromatic nitrogens is 1. The zero-order chi connectivity index (χ0) is 19.5. The predicted octanol–water partition coefficient (Wildman–Crippen LogP) is 3.94. The van der Waals surface area contributed by atoms with E-state index < -0.39 is 5.97 Å². The molecule has 0 bridgehead atoms. The van der Waals surface area contributed by atoms with Crippen LogP contribution in [0.3, 0.4) is 0 Å². The van der Waals surface area contributed by atoms with E-state index >= 15 is 0 Å². The van der Waals surface area contributed by atoms with Crippen LogP contribution in [0, 0.1) is 6.92 Å². The molecule has 0 saturated carbocycles. The van der Waals surface area contributed by atoms with Gasteiger partial charge in [-0.15, -0.1) is 10.2 Å². The molecule has 0 saturated heterocycles. The number of benzene rings is 2. The van der Waals surface area contributed by atoms with Crippen LogP contribution in [0.25, 0.3) is 11.3 Å². The Labute approximate surface area is 161 Å². The Balaban J connectivity index is 1.56. The maximum Gasteiger partial charge on any atom is 0.335 e. The van der Waals surface area contributed by atoms with Crippen LogP contribution in [0.2, 0.25) is 0 Å². The first-order valence-electron chi connectivity index (χ1n) is 8.75. The summed E-state index contributed by atoms with van der Waals surface area (Å²) in [5.74, 6) is -0.696. The third-order valence-corrected chi connectivity index (χ3v) is 4.37. The van der Waals surface area contributed by atoms with E-state index in [2.05, 4.69) is 21.3 Å². The molecule has 1 aliphatic rings. The zero-order valence-electron chi connectivity index (χ0n) is 15.2. The number of carbonyl (C=O) groups is 1. The summed E-state index contributed by atoms with van der Waals surface area (Å²) < 4.78 is 5.69. The Morgan fingerprint density at radius 1 is 0.964 bits per heavy atom. The van der Waals surface area contributed by atoms with Gasteiger partial charge in [0.05, 0.1) is 11.3 Å². The van der Waals surface area contributed by atoms with Gasteiger partial charge in [0.1, 0.15) is 12.3 Å². The van der Waals surface area contributed by atoms with Gasteiger partial charge < -0.3 is 9.84 Å². The Morgan fingerprint density at radius 3 is 2.46 bits per heavy atom. The summed E-state index contributed by atoms with van der Waals surface area (Å²) >= 11 is 0. The lowest BCUT2D eigenvalue weighted by Crippen LogP contribution is -2.20. The molecule has 0 fully saturated rings. The van der Waals surface area contributed by atoms with Gasteiger partial charge in [-0.1, -0.05) is 29.8 Å². The molecule has 2 aromatic carbocycles. The number of pyridine rings is 1. The SMILES string of the molecule is Cc1cccc(-c2ccc(C3=NN=C(c4cccc(C(=O)O)c4)OC3)cn2)c1. The van der Waals surface area contributed by atoms with Crippen molar-refractivity contribution in [3.05, 3.63) is 89.1 Å². The number of carboxylic acid groups (broad SMARTS) is 1. The lowest BCUT2D eigenvalue weighted by atomic mass is 10.1. The van der Waals surface area contributed by atoms with Crippen LogP contribution in [-0.2, 0) is 4.74 Å². The molecule has 0 aliphatic carbocycles. The minimum atomic E-state index is -0.998. The maximum absolute atomic E-state index is 11.1. The van der Waals surface area contributed by atoms with Crippen LogP contribution in [-0.4, -0.2) is 34.3 Å². The van der Waals surface area contributed by atoms with E-state index in [-0.39, 0.29) is 12.2 Å². The minimum Gasteiger partial charge on any atom is -0.478 e. The molecular formula is C22H17N3O3. The lowest BCUT2D eigenvalue weighted by molar-refractivity contribution is 0.0697. The van der Waals surface area contributed by atoms with E-state index in [0.717, 1.165) is 16.8 Å². The van der Waals surface area contributed by atoms with Crippen molar-refractivity contribution < 1.29 is 14.6 Å². The van der Waals surface area contributed by atoms with E-state index in [9.17, 15) is 4.79 Å². The van der Waals surface area contributed by atoms with Gasteiger partial charge in [-0.25, -0.2) is 4.79 Å². The summed E-state index contributed by atoms with van der Waals surface area (Å²) in [6, 6.07) is 18.5. The molecule has 0 radical (unpaired) electrons. The van der Waals surface area contributed by atoms with Gasteiger partial charge in [0, 0.05) is 22.9 Å². The molecule has 3 aromatic rings. The second kappa shape index (κ2) is 7.44. The molecule has 0 amide bonds. The van der Waals surface area contributed by atoms with Gasteiger partial charge in [0.25, 0.3) is 0 Å². The summed E-state index contributed by atoms with van der Waals surface area (Å²) in [7, 11) is 0. The maximum atomic E-state index is 11.1. The first kappa shape index (κ1) is 17.6. The number of hydrogen-bond donors (Lipinski definition) is 1. The molecule has 28 heavy (non-hydrogen) atoms. The molecular weight excluding hydrogens is 354 g/mol. The number of nitrogens with zero attached hydrogens (tertiary/aromatic N) is 3. The fourth-order valence-corrected chi connectivity index (χ4v) is 2.91. The highest BCUT2D eigenvalue weighted by molar-refractivity contribution is 6.06. The fourth-order valence-electron chi connectivity index (χ4n) is 2.91. The quantitative estimate of drug-likeness (QED) is 0.753. The highest BCUT2D eigenvalue weighted by Crippen LogP contribution is 2.19. The Kier molecular flexibility index (Phi) is 4.68. The Morgan fingerprint density at radius 2 is 1.79 bits per heavy atom. The van der Waals surface area contributed by atoms with Crippen molar-refractivity contribution in [2.75, 3.05) is 6.61 Å². The average molecular weight is 371 g/mol. The van der Waals surface area contributed by atoms with Crippen LogP contribution in [0.1, 0.15) is 27.0 Å². The molecule has 0 unspecified atom stereocenters. The van der Waals surface area contributed by atoms with Gasteiger partial charge in [-0.3, -0.25) is 4.98 Å². The van der Waals surface area contributed by atoms with Gasteiger partial charge in [-0.2, -0.15) is 0 Å². The first-order valence-corrected chi connectivity index (χ1v) is 8.75. The van der Waals surface area contributed by atoms with Gasteiger partial charge in [0.15, 0.2) is 0 Å². The third-order valence-electron chi connectivity index (χ3n) is 4.37. The number of rotatable bonds is 4. The van der Waals surface area contributed by atoms with Crippen molar-refractivity contribution in [3.63, 3.8) is 0 Å². The number of hydrogen-bond acceptors (Lipinski definition) is 5. The van der Waals surface area contributed by atoms with Crippen molar-refractivity contribution in [3.8, 4) is 11.3 Å². The molecule has 138 valence electrons. The molecule has 6 nitrogen and oxygen atoms in total.